The van der Waals surface area contributed by atoms with E-state index in [2.05, 4.69) is 49.5 Å². The number of halogens is 1. The van der Waals surface area contributed by atoms with Gasteiger partial charge in [0.25, 0.3) is 0 Å². The van der Waals surface area contributed by atoms with Gasteiger partial charge in [-0.05, 0) is 42.6 Å². The van der Waals surface area contributed by atoms with Crippen molar-refractivity contribution in [3.63, 3.8) is 0 Å². The van der Waals surface area contributed by atoms with Crippen LogP contribution in [-0.2, 0) is 29.2 Å². The first-order valence-electron chi connectivity index (χ1n) is 12.6. The van der Waals surface area contributed by atoms with Crippen LogP contribution < -0.4 is 5.32 Å². The highest BCUT2D eigenvalue weighted by molar-refractivity contribution is 6.33. The number of nitrogens with zero attached hydrogens (tertiary/aromatic N) is 4. The van der Waals surface area contributed by atoms with Crippen molar-refractivity contribution < 1.29 is 14.1 Å². The van der Waals surface area contributed by atoms with Gasteiger partial charge in [0, 0.05) is 38.3 Å². The van der Waals surface area contributed by atoms with E-state index in [9.17, 15) is 4.79 Å². The van der Waals surface area contributed by atoms with E-state index in [-0.39, 0.29) is 11.8 Å². The average molecular weight is 510 g/mol. The molecule has 8 nitrogen and oxygen atoms in total. The van der Waals surface area contributed by atoms with Crippen LogP contribution in [0, 0.1) is 5.92 Å². The zero-order valence-corrected chi connectivity index (χ0v) is 21.1. The Labute approximate surface area is 216 Å². The van der Waals surface area contributed by atoms with Crippen LogP contribution in [0.4, 0.5) is 0 Å². The van der Waals surface area contributed by atoms with E-state index in [0.717, 1.165) is 63.4 Å². The average Bonchev–Trinajstić information content (AvgIpc) is 3.36. The number of nitrogens with one attached hydrogen (secondary N) is 1. The van der Waals surface area contributed by atoms with E-state index in [1.165, 1.54) is 5.56 Å². The maximum absolute atomic E-state index is 13.0. The van der Waals surface area contributed by atoms with Gasteiger partial charge >= 0.3 is 0 Å². The molecule has 9 heteroatoms. The van der Waals surface area contributed by atoms with Crippen LogP contribution in [0.15, 0.2) is 53.1 Å². The third-order valence-electron chi connectivity index (χ3n) is 6.79. The van der Waals surface area contributed by atoms with Gasteiger partial charge in [-0.15, -0.1) is 0 Å². The van der Waals surface area contributed by atoms with Crippen LogP contribution in [0.25, 0.3) is 11.4 Å². The lowest BCUT2D eigenvalue weighted by molar-refractivity contribution is -0.127. The monoisotopic (exact) mass is 509 g/mol. The van der Waals surface area contributed by atoms with Gasteiger partial charge in [-0.25, -0.2) is 0 Å². The molecule has 3 heterocycles. The number of carbonyl (C=O) groups excluding carboxylic acids is 1. The molecule has 0 aliphatic carbocycles. The molecule has 2 fully saturated rings. The molecule has 190 valence electrons. The summed E-state index contributed by atoms with van der Waals surface area (Å²) in [5.74, 6) is 1.06. The maximum atomic E-state index is 13.0. The summed E-state index contributed by atoms with van der Waals surface area (Å²) in [7, 11) is 0. The summed E-state index contributed by atoms with van der Waals surface area (Å²) in [6, 6.07) is 15.9. The van der Waals surface area contributed by atoms with Crippen molar-refractivity contribution in [1.29, 1.82) is 0 Å². The lowest BCUT2D eigenvalue weighted by Gasteiger charge is -2.30. The summed E-state index contributed by atoms with van der Waals surface area (Å²) in [4.78, 5) is 22.1. The molecular formula is C27H32ClN5O3. The van der Waals surface area contributed by atoms with Crippen LogP contribution in [0.1, 0.15) is 29.9 Å². The Balaban J connectivity index is 1.12. The SMILES string of the molecule is O=C(NCc1cccc(CN2CCOCC2)c1)C1CCCN(Cc2nc(-c3ccccc3Cl)no2)C1. The van der Waals surface area contributed by atoms with Crippen molar-refractivity contribution in [3.05, 3.63) is 70.6 Å². The van der Waals surface area contributed by atoms with Crippen LogP contribution in [0.3, 0.4) is 0 Å². The number of likely N-dealkylation sites (tertiary alicyclic amines) is 1. The number of aromatic nitrogens is 2. The van der Waals surface area contributed by atoms with E-state index in [4.69, 9.17) is 20.9 Å². The zero-order chi connectivity index (χ0) is 24.7. The Morgan fingerprint density at radius 3 is 2.72 bits per heavy atom. The molecule has 2 aliphatic heterocycles. The summed E-state index contributed by atoms with van der Waals surface area (Å²) in [6.45, 7) is 7.06. The standard InChI is InChI=1S/C27H32ClN5O3/c28-24-9-2-1-8-23(24)26-30-25(36-31-26)19-33-10-4-7-22(18-33)27(34)29-16-20-5-3-6-21(15-20)17-32-11-13-35-14-12-32/h1-3,5-6,8-9,15,22H,4,7,10-14,16-19H2,(H,29,34). The first kappa shape index (κ1) is 24.9. The van der Waals surface area contributed by atoms with E-state index in [1.807, 2.05) is 18.2 Å². The van der Waals surface area contributed by atoms with Crippen molar-refractivity contribution in [2.75, 3.05) is 39.4 Å². The molecule has 0 saturated carbocycles. The number of carbonyl (C=O) groups is 1. The predicted octanol–water partition coefficient (Wildman–Crippen LogP) is 3.75. The molecule has 1 atom stereocenters. The van der Waals surface area contributed by atoms with Gasteiger partial charge in [-0.1, -0.05) is 53.2 Å². The van der Waals surface area contributed by atoms with Gasteiger partial charge in [-0.2, -0.15) is 4.98 Å². The number of benzene rings is 2. The van der Waals surface area contributed by atoms with Crippen LogP contribution in [-0.4, -0.2) is 65.2 Å². The fraction of sp³-hybridized carbons (Fsp3) is 0.444. The molecule has 0 radical (unpaired) electrons. The molecule has 1 aromatic heterocycles. The normalized spacial score (nSPS) is 19.3. The van der Waals surface area contributed by atoms with Crippen molar-refractivity contribution in [2.24, 2.45) is 5.92 Å². The maximum Gasteiger partial charge on any atom is 0.241 e. The smallest absolute Gasteiger partial charge is 0.241 e. The summed E-state index contributed by atoms with van der Waals surface area (Å²) in [6.07, 6.45) is 1.84. The number of piperidine rings is 1. The topological polar surface area (TPSA) is 83.7 Å². The number of ether oxygens (including phenoxy) is 1. The van der Waals surface area contributed by atoms with E-state index >= 15 is 0 Å². The van der Waals surface area contributed by atoms with Gasteiger partial charge in [0.15, 0.2) is 0 Å². The van der Waals surface area contributed by atoms with Gasteiger partial charge < -0.3 is 14.6 Å². The van der Waals surface area contributed by atoms with E-state index in [1.54, 1.807) is 6.07 Å². The Morgan fingerprint density at radius 1 is 1.03 bits per heavy atom. The van der Waals surface area contributed by atoms with Gasteiger partial charge in [0.1, 0.15) is 0 Å². The molecular weight excluding hydrogens is 478 g/mol. The molecule has 2 saturated heterocycles. The molecule has 0 bridgehead atoms. The van der Waals surface area contributed by atoms with Crippen molar-refractivity contribution in [1.82, 2.24) is 25.3 Å². The second-order valence-corrected chi connectivity index (χ2v) is 9.90. The minimum absolute atomic E-state index is 0.0544. The van der Waals surface area contributed by atoms with E-state index in [0.29, 0.717) is 36.4 Å². The second-order valence-electron chi connectivity index (χ2n) is 9.49. The van der Waals surface area contributed by atoms with Crippen LogP contribution in [0.5, 0.6) is 0 Å². The first-order chi connectivity index (χ1) is 17.6. The van der Waals surface area contributed by atoms with Crippen molar-refractivity contribution in [3.8, 4) is 11.4 Å². The summed E-state index contributed by atoms with van der Waals surface area (Å²) in [5, 5.41) is 7.83. The Hall–Kier alpha value is -2.78. The number of hydrogen-bond acceptors (Lipinski definition) is 7. The van der Waals surface area contributed by atoms with Gasteiger partial charge in [0.05, 0.1) is 30.7 Å². The Morgan fingerprint density at radius 2 is 1.86 bits per heavy atom. The Bertz CT molecular complexity index is 1160. The molecule has 36 heavy (non-hydrogen) atoms. The summed E-state index contributed by atoms with van der Waals surface area (Å²) in [5.41, 5.74) is 3.14. The largest absolute Gasteiger partial charge is 0.379 e. The van der Waals surface area contributed by atoms with Gasteiger partial charge in [-0.3, -0.25) is 14.6 Å². The number of morpholine rings is 1. The van der Waals surface area contributed by atoms with Crippen LogP contribution >= 0.6 is 11.6 Å². The highest BCUT2D eigenvalue weighted by atomic mass is 35.5. The minimum Gasteiger partial charge on any atom is -0.379 e. The lowest BCUT2D eigenvalue weighted by atomic mass is 9.97. The van der Waals surface area contributed by atoms with Gasteiger partial charge in [0.2, 0.25) is 17.6 Å². The summed E-state index contributed by atoms with van der Waals surface area (Å²) < 4.78 is 10.9. The lowest BCUT2D eigenvalue weighted by Crippen LogP contribution is -2.42. The highest BCUT2D eigenvalue weighted by Gasteiger charge is 2.27. The summed E-state index contributed by atoms with van der Waals surface area (Å²) >= 11 is 6.26. The fourth-order valence-electron chi connectivity index (χ4n) is 4.86. The fourth-order valence-corrected chi connectivity index (χ4v) is 5.08. The molecule has 5 rings (SSSR count). The molecule has 3 aromatic rings. The highest BCUT2D eigenvalue weighted by Crippen LogP contribution is 2.26. The third-order valence-corrected chi connectivity index (χ3v) is 7.12. The molecule has 2 aromatic carbocycles. The molecule has 0 spiro atoms. The zero-order valence-electron chi connectivity index (χ0n) is 20.4. The molecule has 1 unspecified atom stereocenters. The number of hydrogen-bond donors (Lipinski definition) is 1. The second kappa shape index (κ2) is 12.0. The first-order valence-corrected chi connectivity index (χ1v) is 13.0. The van der Waals surface area contributed by atoms with E-state index < -0.39 is 0 Å². The molecule has 1 N–H and O–H groups in total. The van der Waals surface area contributed by atoms with Crippen LogP contribution in [0.2, 0.25) is 5.02 Å². The van der Waals surface area contributed by atoms with Crippen molar-refractivity contribution in [2.45, 2.75) is 32.5 Å². The predicted molar refractivity (Wildman–Crippen MR) is 137 cm³/mol. The quantitative estimate of drug-likeness (QED) is 0.495. The number of amides is 1. The molecule has 2 aliphatic rings. The Kier molecular flexibility index (Phi) is 8.28. The van der Waals surface area contributed by atoms with Crippen molar-refractivity contribution >= 4 is 17.5 Å². The number of rotatable bonds is 8. The third kappa shape index (κ3) is 6.50. The molecule has 1 amide bonds. The minimum atomic E-state index is -0.0544.